The number of aryl methyl sites for hydroxylation is 1. The molecule has 0 radical (unpaired) electrons. The summed E-state index contributed by atoms with van der Waals surface area (Å²) in [5.74, 6) is -0.0979. The van der Waals surface area contributed by atoms with Crippen LogP contribution in [0.25, 0.3) is 11.4 Å². The first-order chi connectivity index (χ1) is 11.6. The van der Waals surface area contributed by atoms with Gasteiger partial charge < -0.3 is 5.32 Å². The predicted octanol–water partition coefficient (Wildman–Crippen LogP) is 3.52. The highest BCUT2D eigenvalue weighted by molar-refractivity contribution is 5.95. The second-order valence-corrected chi connectivity index (χ2v) is 5.33. The number of amides is 1. The Labute approximate surface area is 139 Å². The Kier molecular flexibility index (Phi) is 4.61. The van der Waals surface area contributed by atoms with Crippen molar-refractivity contribution in [2.75, 3.05) is 0 Å². The van der Waals surface area contributed by atoms with Gasteiger partial charge in [-0.1, -0.05) is 48.5 Å². The smallest absolute Gasteiger partial charge is 0.254 e. The highest BCUT2D eigenvalue weighted by atomic mass is 19.1. The molecule has 5 heteroatoms. The number of rotatable bonds is 4. The zero-order valence-corrected chi connectivity index (χ0v) is 13.2. The minimum atomic E-state index is -0.342. The van der Waals surface area contributed by atoms with Gasteiger partial charge in [0.1, 0.15) is 5.82 Å². The zero-order chi connectivity index (χ0) is 16.9. The van der Waals surface area contributed by atoms with Gasteiger partial charge in [-0.15, -0.1) is 0 Å². The SMILES string of the molecule is Cc1nc(-c2ccccc2)ncc1C(=O)NCc1ccccc1F. The molecule has 3 aromatic rings. The normalized spacial score (nSPS) is 10.4. The molecule has 0 spiro atoms. The largest absolute Gasteiger partial charge is 0.348 e. The first kappa shape index (κ1) is 15.8. The third kappa shape index (κ3) is 3.46. The van der Waals surface area contributed by atoms with Gasteiger partial charge in [0.15, 0.2) is 5.82 Å². The Morgan fingerprint density at radius 3 is 2.50 bits per heavy atom. The lowest BCUT2D eigenvalue weighted by molar-refractivity contribution is 0.0949. The van der Waals surface area contributed by atoms with Gasteiger partial charge in [-0.3, -0.25) is 4.79 Å². The Hall–Kier alpha value is -3.08. The van der Waals surface area contributed by atoms with E-state index in [1.807, 2.05) is 30.3 Å². The van der Waals surface area contributed by atoms with Crippen molar-refractivity contribution in [3.8, 4) is 11.4 Å². The molecule has 0 bridgehead atoms. The maximum absolute atomic E-state index is 13.6. The number of carbonyl (C=O) groups excluding carboxylic acids is 1. The van der Waals surface area contributed by atoms with Crippen LogP contribution in [0.1, 0.15) is 21.6 Å². The summed E-state index contributed by atoms with van der Waals surface area (Å²) in [6, 6.07) is 15.9. The van der Waals surface area contributed by atoms with E-state index in [9.17, 15) is 9.18 Å². The molecule has 2 aromatic carbocycles. The van der Waals surface area contributed by atoms with E-state index in [0.29, 0.717) is 22.6 Å². The first-order valence-electron chi connectivity index (χ1n) is 7.56. The lowest BCUT2D eigenvalue weighted by atomic mass is 10.1. The Balaban J connectivity index is 1.75. The van der Waals surface area contributed by atoms with Crippen LogP contribution in [-0.2, 0) is 6.54 Å². The highest BCUT2D eigenvalue weighted by Crippen LogP contribution is 2.15. The summed E-state index contributed by atoms with van der Waals surface area (Å²) in [6.45, 7) is 1.87. The van der Waals surface area contributed by atoms with Gasteiger partial charge >= 0.3 is 0 Å². The van der Waals surface area contributed by atoms with Crippen LogP contribution in [0, 0.1) is 12.7 Å². The van der Waals surface area contributed by atoms with Gasteiger partial charge in [0.05, 0.1) is 11.3 Å². The van der Waals surface area contributed by atoms with E-state index in [-0.39, 0.29) is 18.3 Å². The Morgan fingerprint density at radius 1 is 1.08 bits per heavy atom. The van der Waals surface area contributed by atoms with Gasteiger partial charge in [-0.2, -0.15) is 0 Å². The lowest BCUT2D eigenvalue weighted by Gasteiger charge is -2.09. The fourth-order valence-corrected chi connectivity index (χ4v) is 2.33. The van der Waals surface area contributed by atoms with Crippen molar-refractivity contribution in [3.05, 3.63) is 83.4 Å². The number of aromatic nitrogens is 2. The van der Waals surface area contributed by atoms with E-state index in [4.69, 9.17) is 0 Å². The Morgan fingerprint density at radius 2 is 1.79 bits per heavy atom. The van der Waals surface area contributed by atoms with Crippen LogP contribution in [0.15, 0.2) is 60.8 Å². The molecule has 24 heavy (non-hydrogen) atoms. The molecule has 0 aliphatic rings. The Bertz CT molecular complexity index is 865. The molecule has 0 saturated carbocycles. The number of carbonyl (C=O) groups is 1. The summed E-state index contributed by atoms with van der Waals surface area (Å²) in [6.07, 6.45) is 1.50. The molecular weight excluding hydrogens is 305 g/mol. The average molecular weight is 321 g/mol. The molecule has 0 atom stereocenters. The van der Waals surface area contributed by atoms with Gasteiger partial charge in [0.25, 0.3) is 5.91 Å². The number of hydrogen-bond donors (Lipinski definition) is 1. The second kappa shape index (κ2) is 7.00. The lowest BCUT2D eigenvalue weighted by Crippen LogP contribution is -2.24. The van der Waals surface area contributed by atoms with Crippen molar-refractivity contribution in [2.24, 2.45) is 0 Å². The number of hydrogen-bond acceptors (Lipinski definition) is 3. The molecule has 0 saturated heterocycles. The van der Waals surface area contributed by atoms with Gasteiger partial charge in [0.2, 0.25) is 0 Å². The van der Waals surface area contributed by atoms with Gasteiger partial charge in [-0.05, 0) is 13.0 Å². The molecular formula is C19H16FN3O. The van der Waals surface area contributed by atoms with Crippen molar-refractivity contribution < 1.29 is 9.18 Å². The molecule has 1 heterocycles. The van der Waals surface area contributed by atoms with E-state index in [1.54, 1.807) is 25.1 Å². The molecule has 1 aromatic heterocycles. The van der Waals surface area contributed by atoms with E-state index < -0.39 is 0 Å². The van der Waals surface area contributed by atoms with Crippen LogP contribution in [0.2, 0.25) is 0 Å². The number of halogens is 1. The molecule has 1 N–H and O–H groups in total. The van der Waals surface area contributed by atoms with Crippen molar-refractivity contribution in [1.82, 2.24) is 15.3 Å². The second-order valence-electron chi connectivity index (χ2n) is 5.33. The third-order valence-electron chi connectivity index (χ3n) is 3.65. The van der Waals surface area contributed by atoms with E-state index in [2.05, 4.69) is 15.3 Å². The molecule has 120 valence electrons. The average Bonchev–Trinajstić information content (AvgIpc) is 2.61. The van der Waals surface area contributed by atoms with Crippen LogP contribution in [-0.4, -0.2) is 15.9 Å². The van der Waals surface area contributed by atoms with Gasteiger partial charge in [0, 0.05) is 23.9 Å². The summed E-state index contributed by atoms with van der Waals surface area (Å²) in [4.78, 5) is 20.9. The molecule has 0 aliphatic heterocycles. The molecule has 3 rings (SSSR count). The number of benzene rings is 2. The molecule has 0 aliphatic carbocycles. The third-order valence-corrected chi connectivity index (χ3v) is 3.65. The van der Waals surface area contributed by atoms with Crippen LogP contribution in [0.5, 0.6) is 0 Å². The van der Waals surface area contributed by atoms with E-state index in [0.717, 1.165) is 5.56 Å². The molecule has 0 fully saturated rings. The summed E-state index contributed by atoms with van der Waals surface area (Å²) in [7, 11) is 0. The molecule has 1 amide bonds. The monoisotopic (exact) mass is 321 g/mol. The number of nitrogens with one attached hydrogen (secondary N) is 1. The minimum absolute atomic E-state index is 0.116. The summed E-state index contributed by atoms with van der Waals surface area (Å²) < 4.78 is 13.6. The van der Waals surface area contributed by atoms with Crippen LogP contribution >= 0.6 is 0 Å². The van der Waals surface area contributed by atoms with Crippen molar-refractivity contribution in [3.63, 3.8) is 0 Å². The fourth-order valence-electron chi connectivity index (χ4n) is 2.33. The van der Waals surface area contributed by atoms with E-state index >= 15 is 0 Å². The fraction of sp³-hybridized carbons (Fsp3) is 0.105. The predicted molar refractivity (Wildman–Crippen MR) is 89.8 cm³/mol. The van der Waals surface area contributed by atoms with Crippen LogP contribution < -0.4 is 5.32 Å². The minimum Gasteiger partial charge on any atom is -0.348 e. The van der Waals surface area contributed by atoms with Crippen LogP contribution in [0.4, 0.5) is 4.39 Å². The standard InChI is InChI=1S/C19H16FN3O/c1-13-16(12-21-18(23-13)14-7-3-2-4-8-14)19(24)22-11-15-9-5-6-10-17(15)20/h2-10,12H,11H2,1H3,(H,22,24). The summed E-state index contributed by atoms with van der Waals surface area (Å²) >= 11 is 0. The van der Waals surface area contributed by atoms with Crippen LogP contribution in [0.3, 0.4) is 0 Å². The quantitative estimate of drug-likeness (QED) is 0.800. The maximum atomic E-state index is 13.6. The maximum Gasteiger partial charge on any atom is 0.254 e. The van der Waals surface area contributed by atoms with Crippen molar-refractivity contribution in [2.45, 2.75) is 13.5 Å². The van der Waals surface area contributed by atoms with Crippen molar-refractivity contribution >= 4 is 5.91 Å². The summed E-state index contributed by atoms with van der Waals surface area (Å²) in [5.41, 5.74) is 2.28. The van der Waals surface area contributed by atoms with Crippen molar-refractivity contribution in [1.29, 1.82) is 0 Å². The van der Waals surface area contributed by atoms with Gasteiger partial charge in [-0.25, -0.2) is 14.4 Å². The highest BCUT2D eigenvalue weighted by Gasteiger charge is 2.13. The summed E-state index contributed by atoms with van der Waals surface area (Å²) in [5, 5.41) is 2.70. The zero-order valence-electron chi connectivity index (χ0n) is 13.2. The first-order valence-corrected chi connectivity index (χ1v) is 7.56. The van der Waals surface area contributed by atoms with E-state index in [1.165, 1.54) is 12.3 Å². The molecule has 0 unspecified atom stereocenters. The topological polar surface area (TPSA) is 54.9 Å². The number of nitrogens with zero attached hydrogens (tertiary/aromatic N) is 2. The molecule has 4 nitrogen and oxygen atoms in total.